The summed E-state index contributed by atoms with van der Waals surface area (Å²) in [5.41, 5.74) is 0.220. The SMILES string of the molecule is O=C(c1ccc(Br)cc1F)C1CCCS1. The van der Waals surface area contributed by atoms with Crippen LogP contribution in [0, 0.1) is 5.82 Å². The van der Waals surface area contributed by atoms with E-state index in [-0.39, 0.29) is 16.6 Å². The fourth-order valence-corrected chi connectivity index (χ4v) is 3.21. The molecule has 1 atom stereocenters. The molecule has 1 heterocycles. The Morgan fingerprint density at radius 2 is 2.33 bits per heavy atom. The first-order chi connectivity index (χ1) is 7.18. The molecular formula is C11H10BrFOS. The molecule has 1 saturated heterocycles. The number of Topliss-reactive ketones (excluding diaryl/α,β-unsaturated/α-hetero) is 1. The molecule has 0 bridgehead atoms. The van der Waals surface area contributed by atoms with Gasteiger partial charge in [-0.05, 0) is 36.8 Å². The van der Waals surface area contributed by atoms with Gasteiger partial charge in [-0.1, -0.05) is 15.9 Å². The first-order valence-corrected chi connectivity index (χ1v) is 6.63. The molecule has 0 aromatic heterocycles. The molecule has 2 rings (SSSR count). The van der Waals surface area contributed by atoms with Crippen molar-refractivity contribution in [3.63, 3.8) is 0 Å². The number of thioether (sulfide) groups is 1. The maximum atomic E-state index is 13.5. The molecule has 0 radical (unpaired) electrons. The van der Waals surface area contributed by atoms with Crippen LogP contribution in [0.4, 0.5) is 4.39 Å². The molecule has 80 valence electrons. The van der Waals surface area contributed by atoms with Gasteiger partial charge in [-0.15, -0.1) is 0 Å². The van der Waals surface area contributed by atoms with Crippen molar-refractivity contribution in [1.29, 1.82) is 0 Å². The van der Waals surface area contributed by atoms with Crippen molar-refractivity contribution in [2.24, 2.45) is 0 Å². The number of rotatable bonds is 2. The maximum absolute atomic E-state index is 13.5. The van der Waals surface area contributed by atoms with Crippen LogP contribution in [-0.2, 0) is 0 Å². The molecule has 1 aromatic carbocycles. The normalized spacial score (nSPS) is 20.5. The van der Waals surface area contributed by atoms with E-state index in [1.807, 2.05) is 0 Å². The second kappa shape index (κ2) is 4.66. The quantitative estimate of drug-likeness (QED) is 0.773. The second-order valence-electron chi connectivity index (χ2n) is 3.49. The molecule has 1 unspecified atom stereocenters. The van der Waals surface area contributed by atoms with Gasteiger partial charge in [-0.2, -0.15) is 11.8 Å². The van der Waals surface area contributed by atoms with Gasteiger partial charge in [0.15, 0.2) is 5.78 Å². The molecule has 1 fully saturated rings. The fraction of sp³-hybridized carbons (Fsp3) is 0.364. The van der Waals surface area contributed by atoms with E-state index < -0.39 is 5.82 Å². The molecule has 15 heavy (non-hydrogen) atoms. The summed E-state index contributed by atoms with van der Waals surface area (Å²) in [5.74, 6) is 0.513. The van der Waals surface area contributed by atoms with E-state index in [4.69, 9.17) is 0 Å². The monoisotopic (exact) mass is 288 g/mol. The maximum Gasteiger partial charge on any atom is 0.178 e. The average molecular weight is 289 g/mol. The molecule has 0 amide bonds. The van der Waals surface area contributed by atoms with E-state index in [9.17, 15) is 9.18 Å². The highest BCUT2D eigenvalue weighted by Crippen LogP contribution is 2.30. The molecule has 0 aliphatic carbocycles. The Morgan fingerprint density at radius 1 is 1.53 bits per heavy atom. The van der Waals surface area contributed by atoms with E-state index in [2.05, 4.69) is 15.9 Å². The van der Waals surface area contributed by atoms with E-state index >= 15 is 0 Å². The molecule has 0 saturated carbocycles. The largest absolute Gasteiger partial charge is 0.293 e. The van der Waals surface area contributed by atoms with Crippen molar-refractivity contribution in [2.45, 2.75) is 18.1 Å². The Labute approximate surface area is 101 Å². The highest BCUT2D eigenvalue weighted by Gasteiger charge is 2.26. The minimum absolute atomic E-state index is 0.0410. The Hall–Kier alpha value is -0.350. The molecule has 1 aromatic rings. The lowest BCUT2D eigenvalue weighted by Gasteiger charge is -2.08. The third-order valence-corrected chi connectivity index (χ3v) is 4.29. The van der Waals surface area contributed by atoms with Crippen molar-refractivity contribution < 1.29 is 9.18 Å². The lowest BCUT2D eigenvalue weighted by molar-refractivity contribution is 0.0984. The van der Waals surface area contributed by atoms with Crippen LogP contribution in [0.3, 0.4) is 0 Å². The highest BCUT2D eigenvalue weighted by atomic mass is 79.9. The van der Waals surface area contributed by atoms with Crippen molar-refractivity contribution in [3.05, 3.63) is 34.1 Å². The van der Waals surface area contributed by atoms with Gasteiger partial charge in [0.05, 0.1) is 10.8 Å². The van der Waals surface area contributed by atoms with Crippen molar-refractivity contribution in [3.8, 4) is 0 Å². The number of carbonyl (C=O) groups is 1. The summed E-state index contributed by atoms with van der Waals surface area (Å²) in [6.45, 7) is 0. The van der Waals surface area contributed by atoms with Crippen LogP contribution < -0.4 is 0 Å². The van der Waals surface area contributed by atoms with Gasteiger partial charge in [-0.3, -0.25) is 4.79 Å². The Bertz CT molecular complexity index is 388. The minimum atomic E-state index is -0.429. The van der Waals surface area contributed by atoms with Gasteiger partial charge in [-0.25, -0.2) is 4.39 Å². The zero-order valence-electron chi connectivity index (χ0n) is 8.00. The third kappa shape index (κ3) is 2.42. The smallest absolute Gasteiger partial charge is 0.178 e. The lowest BCUT2D eigenvalue weighted by Crippen LogP contribution is -2.15. The van der Waals surface area contributed by atoms with Gasteiger partial charge in [0.1, 0.15) is 5.82 Å². The number of hydrogen-bond donors (Lipinski definition) is 0. The zero-order valence-corrected chi connectivity index (χ0v) is 10.4. The van der Waals surface area contributed by atoms with Gasteiger partial charge in [0.2, 0.25) is 0 Å². The molecule has 1 aliphatic heterocycles. The van der Waals surface area contributed by atoms with E-state index in [1.165, 1.54) is 6.07 Å². The van der Waals surface area contributed by atoms with Gasteiger partial charge in [0, 0.05) is 4.47 Å². The summed E-state index contributed by atoms with van der Waals surface area (Å²) in [7, 11) is 0. The highest BCUT2D eigenvalue weighted by molar-refractivity contribution is 9.10. The topological polar surface area (TPSA) is 17.1 Å². The second-order valence-corrected chi connectivity index (χ2v) is 5.72. The molecule has 4 heteroatoms. The molecular weight excluding hydrogens is 279 g/mol. The summed E-state index contributed by atoms with van der Waals surface area (Å²) in [6.07, 6.45) is 1.93. The molecule has 1 nitrogen and oxygen atoms in total. The van der Waals surface area contributed by atoms with Gasteiger partial charge < -0.3 is 0 Å². The number of halogens is 2. The zero-order chi connectivity index (χ0) is 10.8. The average Bonchev–Trinajstić information content (AvgIpc) is 2.69. The minimum Gasteiger partial charge on any atom is -0.293 e. The van der Waals surface area contributed by atoms with Crippen LogP contribution in [0.5, 0.6) is 0 Å². The predicted molar refractivity (Wildman–Crippen MR) is 63.9 cm³/mol. The van der Waals surface area contributed by atoms with Crippen molar-refractivity contribution in [2.75, 3.05) is 5.75 Å². The lowest BCUT2D eigenvalue weighted by atomic mass is 10.1. The van der Waals surface area contributed by atoms with Crippen molar-refractivity contribution >= 4 is 33.5 Å². The van der Waals surface area contributed by atoms with Gasteiger partial charge >= 0.3 is 0 Å². The summed E-state index contributed by atoms with van der Waals surface area (Å²) in [4.78, 5) is 11.9. The standard InChI is InChI=1S/C11H10BrFOS/c12-7-3-4-8(9(13)6-7)11(14)10-2-1-5-15-10/h3-4,6,10H,1-2,5H2. The molecule has 0 N–H and O–H groups in total. The number of ketones is 1. The summed E-state index contributed by atoms with van der Waals surface area (Å²) in [5, 5.41) is -0.0410. The first kappa shape index (κ1) is 11.1. The summed E-state index contributed by atoms with van der Waals surface area (Å²) < 4.78 is 14.2. The Balaban J connectivity index is 2.24. The Kier molecular flexibility index (Phi) is 3.46. The van der Waals surface area contributed by atoms with E-state index in [0.717, 1.165) is 18.6 Å². The van der Waals surface area contributed by atoms with Crippen LogP contribution in [0.15, 0.2) is 22.7 Å². The van der Waals surface area contributed by atoms with Crippen LogP contribution >= 0.6 is 27.7 Å². The van der Waals surface area contributed by atoms with Crippen LogP contribution in [0.1, 0.15) is 23.2 Å². The summed E-state index contributed by atoms with van der Waals surface area (Å²) in [6, 6.07) is 4.60. The van der Waals surface area contributed by atoms with E-state index in [0.29, 0.717) is 4.47 Å². The van der Waals surface area contributed by atoms with Gasteiger partial charge in [0.25, 0.3) is 0 Å². The predicted octanol–water partition coefficient (Wildman–Crippen LogP) is 3.67. The molecule has 1 aliphatic rings. The van der Waals surface area contributed by atoms with Crippen LogP contribution in [-0.4, -0.2) is 16.8 Å². The van der Waals surface area contributed by atoms with Crippen molar-refractivity contribution in [1.82, 2.24) is 0 Å². The first-order valence-electron chi connectivity index (χ1n) is 4.79. The molecule has 0 spiro atoms. The van der Waals surface area contributed by atoms with Crippen LogP contribution in [0.2, 0.25) is 0 Å². The fourth-order valence-electron chi connectivity index (χ4n) is 1.65. The van der Waals surface area contributed by atoms with E-state index in [1.54, 1.807) is 23.9 Å². The Morgan fingerprint density at radius 3 is 2.93 bits per heavy atom. The number of carbonyl (C=O) groups excluding carboxylic acids is 1. The van der Waals surface area contributed by atoms with Crippen LogP contribution in [0.25, 0.3) is 0 Å². The summed E-state index contributed by atoms with van der Waals surface area (Å²) >= 11 is 4.80. The third-order valence-electron chi connectivity index (χ3n) is 2.42. The number of benzene rings is 1. The number of hydrogen-bond acceptors (Lipinski definition) is 2.